The van der Waals surface area contributed by atoms with Crippen LogP contribution in [0.5, 0.6) is 0 Å². The standard InChI is InChI=1S/C13H24O/c1-9-7-10(2)13(11(3)8-9)6-5-12(4)14/h9-11,13H,5-8H2,1-4H3/t9?,10-,11+,13?. The normalized spacial score (nSPS) is 38.3. The minimum atomic E-state index is 0.350. The van der Waals surface area contributed by atoms with Crippen LogP contribution in [-0.2, 0) is 4.79 Å². The van der Waals surface area contributed by atoms with Crippen LogP contribution in [0.2, 0.25) is 0 Å². The summed E-state index contributed by atoms with van der Waals surface area (Å²) in [6.07, 6.45) is 4.61. The number of hydrogen-bond acceptors (Lipinski definition) is 1. The van der Waals surface area contributed by atoms with Gasteiger partial charge in [-0.2, -0.15) is 0 Å². The van der Waals surface area contributed by atoms with E-state index in [1.807, 2.05) is 0 Å². The third kappa shape index (κ3) is 3.11. The fraction of sp³-hybridized carbons (Fsp3) is 0.923. The summed E-state index contributed by atoms with van der Waals surface area (Å²) in [5, 5.41) is 0. The van der Waals surface area contributed by atoms with E-state index in [1.54, 1.807) is 6.92 Å². The Balaban J connectivity index is 2.45. The first-order chi connectivity index (χ1) is 6.50. The molecule has 1 fully saturated rings. The van der Waals surface area contributed by atoms with Crippen LogP contribution in [0.25, 0.3) is 0 Å². The fourth-order valence-corrected chi connectivity index (χ4v) is 3.21. The summed E-state index contributed by atoms with van der Waals surface area (Å²) < 4.78 is 0. The Labute approximate surface area is 88.3 Å². The van der Waals surface area contributed by atoms with E-state index in [9.17, 15) is 4.79 Å². The molecule has 0 amide bonds. The molecule has 1 aliphatic carbocycles. The van der Waals surface area contributed by atoms with Crippen LogP contribution in [0.4, 0.5) is 0 Å². The number of carbonyl (C=O) groups is 1. The molecule has 0 aromatic heterocycles. The summed E-state index contributed by atoms with van der Waals surface area (Å²) in [5.41, 5.74) is 0. The van der Waals surface area contributed by atoms with Gasteiger partial charge in [0.05, 0.1) is 0 Å². The molecule has 0 aromatic carbocycles. The van der Waals surface area contributed by atoms with Gasteiger partial charge in [0, 0.05) is 6.42 Å². The molecule has 1 nitrogen and oxygen atoms in total. The third-order valence-corrected chi connectivity index (χ3v) is 3.84. The van der Waals surface area contributed by atoms with Crippen LogP contribution >= 0.6 is 0 Å². The highest BCUT2D eigenvalue weighted by molar-refractivity contribution is 5.75. The maximum Gasteiger partial charge on any atom is 0.129 e. The lowest BCUT2D eigenvalue weighted by atomic mass is 9.68. The van der Waals surface area contributed by atoms with Gasteiger partial charge in [0.15, 0.2) is 0 Å². The molecule has 0 N–H and O–H groups in total. The molecule has 1 aliphatic rings. The molecule has 0 saturated heterocycles. The van der Waals surface area contributed by atoms with Crippen molar-refractivity contribution < 1.29 is 4.79 Å². The lowest BCUT2D eigenvalue weighted by Gasteiger charge is -2.38. The van der Waals surface area contributed by atoms with Crippen LogP contribution in [-0.4, -0.2) is 5.78 Å². The lowest BCUT2D eigenvalue weighted by Crippen LogP contribution is -2.29. The van der Waals surface area contributed by atoms with Gasteiger partial charge in [0.1, 0.15) is 5.78 Å². The molecular formula is C13H24O. The second-order valence-electron chi connectivity index (χ2n) is 5.44. The van der Waals surface area contributed by atoms with Crippen molar-refractivity contribution in [2.75, 3.05) is 0 Å². The summed E-state index contributed by atoms with van der Waals surface area (Å²) in [4.78, 5) is 11.0. The third-order valence-electron chi connectivity index (χ3n) is 3.84. The van der Waals surface area contributed by atoms with Crippen molar-refractivity contribution in [1.29, 1.82) is 0 Å². The zero-order valence-electron chi connectivity index (χ0n) is 10.0. The minimum Gasteiger partial charge on any atom is -0.300 e. The van der Waals surface area contributed by atoms with Gasteiger partial charge < -0.3 is 4.79 Å². The number of Topliss-reactive ketones (excluding diaryl/α,β-unsaturated/α-hetero) is 1. The van der Waals surface area contributed by atoms with E-state index in [1.165, 1.54) is 12.8 Å². The van der Waals surface area contributed by atoms with Crippen molar-refractivity contribution in [2.24, 2.45) is 23.7 Å². The Morgan fingerprint density at radius 3 is 2.07 bits per heavy atom. The molecule has 1 heteroatoms. The van der Waals surface area contributed by atoms with Gasteiger partial charge in [-0.05, 0) is 49.9 Å². The first kappa shape index (κ1) is 11.7. The SMILES string of the molecule is CC(=O)CCC1[C@H](C)CC(C)C[C@@H]1C. The van der Waals surface area contributed by atoms with Crippen molar-refractivity contribution in [3.63, 3.8) is 0 Å². The van der Waals surface area contributed by atoms with E-state index in [0.29, 0.717) is 5.78 Å². The van der Waals surface area contributed by atoms with E-state index in [-0.39, 0.29) is 0 Å². The molecule has 0 bridgehead atoms. The molecule has 0 heterocycles. The van der Waals surface area contributed by atoms with Gasteiger partial charge in [-0.3, -0.25) is 0 Å². The van der Waals surface area contributed by atoms with Crippen molar-refractivity contribution in [3.05, 3.63) is 0 Å². The topological polar surface area (TPSA) is 17.1 Å². The highest BCUT2D eigenvalue weighted by Crippen LogP contribution is 2.39. The van der Waals surface area contributed by atoms with Crippen molar-refractivity contribution in [2.45, 2.75) is 53.4 Å². The molecule has 4 atom stereocenters. The number of carbonyl (C=O) groups excluding carboxylic acids is 1. The molecule has 0 radical (unpaired) electrons. The molecule has 0 spiro atoms. The van der Waals surface area contributed by atoms with E-state index in [2.05, 4.69) is 20.8 Å². The molecule has 2 unspecified atom stereocenters. The average molecular weight is 196 g/mol. The quantitative estimate of drug-likeness (QED) is 0.673. The Morgan fingerprint density at radius 2 is 1.64 bits per heavy atom. The Morgan fingerprint density at radius 1 is 1.14 bits per heavy atom. The second kappa shape index (κ2) is 4.95. The zero-order chi connectivity index (χ0) is 10.7. The average Bonchev–Trinajstić information content (AvgIpc) is 2.01. The maximum absolute atomic E-state index is 11.0. The largest absolute Gasteiger partial charge is 0.300 e. The monoisotopic (exact) mass is 196 g/mol. The summed E-state index contributed by atoms with van der Waals surface area (Å²) >= 11 is 0. The van der Waals surface area contributed by atoms with Gasteiger partial charge in [-0.1, -0.05) is 20.8 Å². The van der Waals surface area contributed by atoms with E-state index in [4.69, 9.17) is 0 Å². The molecule has 14 heavy (non-hydrogen) atoms. The van der Waals surface area contributed by atoms with E-state index in [0.717, 1.165) is 36.5 Å². The van der Waals surface area contributed by atoms with Crippen LogP contribution in [0.3, 0.4) is 0 Å². The number of hydrogen-bond donors (Lipinski definition) is 0. The van der Waals surface area contributed by atoms with Crippen molar-refractivity contribution in [3.8, 4) is 0 Å². The van der Waals surface area contributed by atoms with Crippen LogP contribution in [0.15, 0.2) is 0 Å². The molecule has 82 valence electrons. The maximum atomic E-state index is 11.0. The highest BCUT2D eigenvalue weighted by Gasteiger charge is 2.30. The Bertz CT molecular complexity index is 185. The second-order valence-corrected chi connectivity index (χ2v) is 5.44. The number of rotatable bonds is 3. The van der Waals surface area contributed by atoms with Crippen molar-refractivity contribution in [1.82, 2.24) is 0 Å². The Hall–Kier alpha value is -0.330. The van der Waals surface area contributed by atoms with Crippen LogP contribution in [0.1, 0.15) is 53.4 Å². The molecule has 1 rings (SSSR count). The summed E-state index contributed by atoms with van der Waals surface area (Å²) in [7, 11) is 0. The van der Waals surface area contributed by atoms with Gasteiger partial charge in [0.25, 0.3) is 0 Å². The van der Waals surface area contributed by atoms with Gasteiger partial charge in [0.2, 0.25) is 0 Å². The summed E-state index contributed by atoms with van der Waals surface area (Å²) in [5.74, 6) is 3.65. The van der Waals surface area contributed by atoms with E-state index < -0.39 is 0 Å². The summed E-state index contributed by atoms with van der Waals surface area (Å²) in [6, 6.07) is 0. The molecular weight excluding hydrogens is 172 g/mol. The lowest BCUT2D eigenvalue weighted by molar-refractivity contribution is -0.117. The zero-order valence-corrected chi connectivity index (χ0v) is 10.0. The summed E-state index contributed by atoms with van der Waals surface area (Å²) in [6.45, 7) is 8.78. The first-order valence-electron chi connectivity index (χ1n) is 6.00. The Kier molecular flexibility index (Phi) is 4.15. The predicted molar refractivity (Wildman–Crippen MR) is 60.1 cm³/mol. The predicted octanol–water partition coefficient (Wildman–Crippen LogP) is 3.67. The smallest absolute Gasteiger partial charge is 0.129 e. The van der Waals surface area contributed by atoms with E-state index >= 15 is 0 Å². The minimum absolute atomic E-state index is 0.350. The van der Waals surface area contributed by atoms with Crippen LogP contribution < -0.4 is 0 Å². The molecule has 1 saturated carbocycles. The molecule has 0 aliphatic heterocycles. The van der Waals surface area contributed by atoms with Gasteiger partial charge >= 0.3 is 0 Å². The molecule has 0 aromatic rings. The van der Waals surface area contributed by atoms with Gasteiger partial charge in [-0.25, -0.2) is 0 Å². The fourth-order valence-electron chi connectivity index (χ4n) is 3.21. The van der Waals surface area contributed by atoms with Gasteiger partial charge in [-0.15, -0.1) is 0 Å². The highest BCUT2D eigenvalue weighted by atomic mass is 16.1. The van der Waals surface area contributed by atoms with Crippen LogP contribution in [0, 0.1) is 23.7 Å². The number of ketones is 1. The first-order valence-corrected chi connectivity index (χ1v) is 6.00. The van der Waals surface area contributed by atoms with Crippen molar-refractivity contribution >= 4 is 5.78 Å².